The highest BCUT2D eigenvalue weighted by atomic mass is 16.5. The van der Waals surface area contributed by atoms with Gasteiger partial charge in [0, 0.05) is 6.04 Å². The fourth-order valence-electron chi connectivity index (χ4n) is 3.57. The third-order valence-corrected chi connectivity index (χ3v) is 5.01. The van der Waals surface area contributed by atoms with Crippen molar-refractivity contribution in [3.8, 4) is 11.4 Å². The number of nitrogens with zero attached hydrogens (tertiary/aromatic N) is 2. The van der Waals surface area contributed by atoms with Crippen LogP contribution in [0.3, 0.4) is 0 Å². The molecule has 4 rings (SSSR count). The van der Waals surface area contributed by atoms with Crippen molar-refractivity contribution >= 4 is 0 Å². The summed E-state index contributed by atoms with van der Waals surface area (Å²) in [5.74, 6) is 1.16. The van der Waals surface area contributed by atoms with E-state index in [4.69, 9.17) is 8.94 Å². The van der Waals surface area contributed by atoms with Gasteiger partial charge in [-0.2, -0.15) is 4.98 Å². The van der Waals surface area contributed by atoms with Crippen LogP contribution in [-0.4, -0.2) is 10.1 Å². The van der Waals surface area contributed by atoms with Crippen LogP contribution in [0.1, 0.15) is 49.7 Å². The minimum Gasteiger partial charge on any atom is -0.472 e. The normalized spacial score (nSPS) is 19.4. The minimum absolute atomic E-state index is 0.290. The van der Waals surface area contributed by atoms with E-state index in [2.05, 4.69) is 53.6 Å². The Balaban J connectivity index is 1.51. The molecule has 0 bridgehead atoms. The van der Waals surface area contributed by atoms with E-state index in [0.717, 1.165) is 18.4 Å². The van der Waals surface area contributed by atoms with E-state index < -0.39 is 0 Å². The van der Waals surface area contributed by atoms with Crippen molar-refractivity contribution in [2.45, 2.75) is 45.7 Å². The molecule has 5 nitrogen and oxygen atoms in total. The van der Waals surface area contributed by atoms with E-state index in [9.17, 15) is 0 Å². The molecule has 0 aliphatic heterocycles. The third-order valence-electron chi connectivity index (χ3n) is 5.01. The number of aryl methyl sites for hydroxylation is 1. The number of nitrogens with one attached hydrogen (secondary N) is 1. The lowest BCUT2D eigenvalue weighted by atomic mass is 9.83. The molecule has 1 unspecified atom stereocenters. The summed E-state index contributed by atoms with van der Waals surface area (Å²) in [5, 5.41) is 7.66. The monoisotopic (exact) mass is 337 g/mol. The first-order valence-electron chi connectivity index (χ1n) is 8.77. The number of hydrogen-bond acceptors (Lipinski definition) is 5. The summed E-state index contributed by atoms with van der Waals surface area (Å²) in [7, 11) is 0. The average molecular weight is 337 g/mol. The molecule has 2 heterocycles. The first kappa shape index (κ1) is 16.1. The average Bonchev–Trinajstić information content (AvgIpc) is 3.26. The van der Waals surface area contributed by atoms with Crippen molar-refractivity contribution in [3.05, 3.63) is 59.9 Å². The van der Waals surface area contributed by atoms with Gasteiger partial charge in [-0.1, -0.05) is 43.3 Å². The first-order chi connectivity index (χ1) is 12.1. The van der Waals surface area contributed by atoms with Crippen molar-refractivity contribution in [2.24, 2.45) is 5.41 Å². The second kappa shape index (κ2) is 6.48. The van der Waals surface area contributed by atoms with Gasteiger partial charge in [0.05, 0.1) is 18.4 Å². The maximum Gasteiger partial charge on any atom is 0.240 e. The van der Waals surface area contributed by atoms with Gasteiger partial charge in [0.15, 0.2) is 0 Å². The van der Waals surface area contributed by atoms with E-state index in [1.54, 1.807) is 12.5 Å². The molecular formula is C20H23N3O2. The van der Waals surface area contributed by atoms with Crippen LogP contribution in [0.4, 0.5) is 0 Å². The van der Waals surface area contributed by atoms with Crippen molar-refractivity contribution < 1.29 is 8.94 Å². The molecule has 3 aromatic rings. The Kier molecular flexibility index (Phi) is 4.17. The molecular weight excluding hydrogens is 314 g/mol. The van der Waals surface area contributed by atoms with E-state index >= 15 is 0 Å². The predicted octanol–water partition coefficient (Wildman–Crippen LogP) is 4.52. The Morgan fingerprint density at radius 1 is 1.24 bits per heavy atom. The Morgan fingerprint density at radius 3 is 2.96 bits per heavy atom. The van der Waals surface area contributed by atoms with Gasteiger partial charge in [-0.05, 0) is 41.9 Å². The van der Waals surface area contributed by atoms with E-state index in [0.29, 0.717) is 23.7 Å². The highest BCUT2D eigenvalue weighted by molar-refractivity contribution is 5.51. The lowest BCUT2D eigenvalue weighted by Gasteiger charge is -2.27. The lowest BCUT2D eigenvalue weighted by Crippen LogP contribution is -2.25. The van der Waals surface area contributed by atoms with E-state index in [1.165, 1.54) is 17.5 Å². The highest BCUT2D eigenvalue weighted by Gasteiger charge is 2.29. The molecule has 5 heteroatoms. The molecule has 0 spiro atoms. The van der Waals surface area contributed by atoms with E-state index in [-0.39, 0.29) is 6.04 Å². The molecule has 0 fully saturated rings. The molecule has 0 amide bonds. The van der Waals surface area contributed by atoms with Crippen LogP contribution in [0.15, 0.2) is 51.8 Å². The Morgan fingerprint density at radius 2 is 2.12 bits per heavy atom. The van der Waals surface area contributed by atoms with Gasteiger partial charge >= 0.3 is 0 Å². The zero-order valence-corrected chi connectivity index (χ0v) is 14.7. The van der Waals surface area contributed by atoms with Gasteiger partial charge in [0.1, 0.15) is 6.26 Å². The second-order valence-electron chi connectivity index (χ2n) is 7.52. The first-order valence-corrected chi connectivity index (χ1v) is 8.77. The lowest BCUT2D eigenvalue weighted by molar-refractivity contribution is 0.265. The Bertz CT molecular complexity index is 836. The summed E-state index contributed by atoms with van der Waals surface area (Å²) >= 11 is 0. The third kappa shape index (κ3) is 3.51. The second-order valence-corrected chi connectivity index (χ2v) is 7.52. The number of rotatable bonds is 4. The maximum absolute atomic E-state index is 5.39. The topological polar surface area (TPSA) is 64.1 Å². The Labute approximate surface area is 147 Å². The zero-order chi connectivity index (χ0) is 17.3. The SMILES string of the molecule is CC1(C)CCc2ccccc2C(NCc2nc(-c3ccoc3)no2)C1. The molecule has 1 aliphatic carbocycles. The fourth-order valence-corrected chi connectivity index (χ4v) is 3.57. The molecule has 1 aliphatic rings. The molecule has 1 aromatic carbocycles. The van der Waals surface area contributed by atoms with Gasteiger partial charge in [0.2, 0.25) is 11.7 Å². The van der Waals surface area contributed by atoms with Crippen molar-refractivity contribution in [1.82, 2.24) is 15.5 Å². The van der Waals surface area contributed by atoms with Gasteiger partial charge in [-0.3, -0.25) is 0 Å². The number of hydrogen-bond donors (Lipinski definition) is 1. The van der Waals surface area contributed by atoms with Gasteiger partial charge < -0.3 is 14.3 Å². The summed E-state index contributed by atoms with van der Waals surface area (Å²) in [5.41, 5.74) is 3.96. The number of benzene rings is 1. The predicted molar refractivity (Wildman–Crippen MR) is 94.7 cm³/mol. The van der Waals surface area contributed by atoms with Gasteiger partial charge in [-0.25, -0.2) is 0 Å². The molecule has 2 aromatic heterocycles. The standard InChI is InChI=1S/C20H23N3O2/c1-20(2)9-7-14-5-3-4-6-16(14)17(11-20)21-12-18-22-19(23-25-18)15-8-10-24-13-15/h3-6,8,10,13,17,21H,7,9,11-12H2,1-2H3. The summed E-state index contributed by atoms with van der Waals surface area (Å²) in [6.07, 6.45) is 6.65. The summed E-state index contributed by atoms with van der Waals surface area (Å²) < 4.78 is 10.5. The van der Waals surface area contributed by atoms with Crippen molar-refractivity contribution in [2.75, 3.05) is 0 Å². The maximum atomic E-state index is 5.39. The van der Waals surface area contributed by atoms with Crippen molar-refractivity contribution in [1.29, 1.82) is 0 Å². The van der Waals surface area contributed by atoms with Crippen LogP contribution in [0, 0.1) is 5.41 Å². The van der Waals surface area contributed by atoms with Crippen LogP contribution in [-0.2, 0) is 13.0 Å². The Hall–Kier alpha value is -2.40. The highest BCUT2D eigenvalue weighted by Crippen LogP contribution is 2.39. The largest absolute Gasteiger partial charge is 0.472 e. The smallest absolute Gasteiger partial charge is 0.240 e. The quantitative estimate of drug-likeness (QED) is 0.709. The van der Waals surface area contributed by atoms with Gasteiger partial charge in [0.25, 0.3) is 0 Å². The molecule has 0 saturated carbocycles. The number of aromatic nitrogens is 2. The summed E-state index contributed by atoms with van der Waals surface area (Å²) in [6.45, 7) is 5.24. The summed E-state index contributed by atoms with van der Waals surface area (Å²) in [4.78, 5) is 4.45. The van der Waals surface area contributed by atoms with Crippen LogP contribution < -0.4 is 5.32 Å². The van der Waals surface area contributed by atoms with Crippen LogP contribution >= 0.6 is 0 Å². The molecule has 130 valence electrons. The van der Waals surface area contributed by atoms with Crippen LogP contribution in [0.2, 0.25) is 0 Å². The molecule has 0 saturated heterocycles. The molecule has 0 radical (unpaired) electrons. The molecule has 1 atom stereocenters. The minimum atomic E-state index is 0.290. The van der Waals surface area contributed by atoms with Gasteiger partial charge in [-0.15, -0.1) is 0 Å². The number of fused-ring (bicyclic) bond motifs is 1. The van der Waals surface area contributed by atoms with Crippen LogP contribution in [0.25, 0.3) is 11.4 Å². The van der Waals surface area contributed by atoms with Crippen molar-refractivity contribution in [3.63, 3.8) is 0 Å². The fraction of sp³-hybridized carbons (Fsp3) is 0.400. The zero-order valence-electron chi connectivity index (χ0n) is 14.7. The molecule has 1 N–H and O–H groups in total. The molecule has 25 heavy (non-hydrogen) atoms. The van der Waals surface area contributed by atoms with E-state index in [1.807, 2.05) is 6.07 Å². The van der Waals surface area contributed by atoms with Crippen LogP contribution in [0.5, 0.6) is 0 Å². The summed E-state index contributed by atoms with van der Waals surface area (Å²) in [6, 6.07) is 10.8. The number of furan rings is 1.